The fraction of sp³-hybridized carbons (Fsp3) is 0.231. The topological polar surface area (TPSA) is 58.6 Å². The van der Waals surface area contributed by atoms with Crippen LogP contribution in [-0.4, -0.2) is 29.8 Å². The number of piperidine rings is 1. The smallest absolute Gasteiger partial charge is 0.416 e. The Bertz CT molecular complexity index is 1080. The van der Waals surface area contributed by atoms with Crippen molar-refractivity contribution in [2.75, 3.05) is 18.4 Å². The number of hydrogen-bond acceptors (Lipinski definition) is 3. The highest BCUT2D eigenvalue weighted by molar-refractivity contribution is 5.97. The number of para-hydroxylation sites is 2. The van der Waals surface area contributed by atoms with Gasteiger partial charge >= 0.3 is 6.18 Å². The van der Waals surface area contributed by atoms with E-state index in [2.05, 4.69) is 18.5 Å². The molecule has 1 aliphatic heterocycles. The third-order valence-corrected chi connectivity index (χ3v) is 5.47. The quantitative estimate of drug-likeness (QED) is 0.401. The molecular weight excluding hydrogens is 445 g/mol. The summed E-state index contributed by atoms with van der Waals surface area (Å²) in [6, 6.07) is 11.0. The van der Waals surface area contributed by atoms with Gasteiger partial charge in [0.25, 0.3) is 5.91 Å². The van der Waals surface area contributed by atoms with Crippen LogP contribution in [0.5, 0.6) is 11.5 Å². The van der Waals surface area contributed by atoms with E-state index in [1.54, 1.807) is 35.2 Å². The van der Waals surface area contributed by atoms with Gasteiger partial charge in [0.15, 0.2) is 5.75 Å². The number of likely N-dealkylation sites (tertiary alicyclic amines) is 1. The van der Waals surface area contributed by atoms with Crippen LogP contribution in [0.3, 0.4) is 0 Å². The molecule has 0 aromatic heterocycles. The summed E-state index contributed by atoms with van der Waals surface area (Å²) in [5, 5.41) is 2.85. The molecule has 5 nitrogen and oxygen atoms in total. The van der Waals surface area contributed by atoms with E-state index in [-0.39, 0.29) is 23.5 Å². The van der Waals surface area contributed by atoms with Crippen LogP contribution in [0, 0.1) is 5.92 Å². The van der Waals surface area contributed by atoms with E-state index < -0.39 is 11.7 Å². The molecule has 0 radical (unpaired) electrons. The van der Waals surface area contributed by atoms with Crippen LogP contribution < -0.4 is 10.1 Å². The third kappa shape index (κ3) is 6.15. The van der Waals surface area contributed by atoms with Gasteiger partial charge in [-0.05, 0) is 49.2 Å². The standard InChI is InChI=1S/C26H25F3N2O3/c1-3-7-18(4-2)25(33)31-16-14-19(15-17-31)24(32)30-22-8-5-6-9-23(22)34-21-12-10-20(11-13-21)26(27,28)29/h3-13,19H,1-2,14-17H2,(H,30,32)/b18-7+. The number of allylic oxidation sites excluding steroid dienone is 2. The molecule has 0 atom stereocenters. The Morgan fingerprint density at radius 3 is 2.26 bits per heavy atom. The van der Waals surface area contributed by atoms with Crippen LogP contribution in [0.25, 0.3) is 0 Å². The van der Waals surface area contributed by atoms with E-state index in [0.29, 0.717) is 42.9 Å². The molecule has 2 aromatic rings. The predicted octanol–water partition coefficient (Wildman–Crippen LogP) is 5.97. The summed E-state index contributed by atoms with van der Waals surface area (Å²) in [7, 11) is 0. The van der Waals surface area contributed by atoms with Gasteiger partial charge in [-0.15, -0.1) is 0 Å². The van der Waals surface area contributed by atoms with Crippen LogP contribution in [0.2, 0.25) is 0 Å². The number of nitrogens with zero attached hydrogens (tertiary/aromatic N) is 1. The number of carbonyl (C=O) groups is 2. The second kappa shape index (κ2) is 10.9. The maximum Gasteiger partial charge on any atom is 0.416 e. The van der Waals surface area contributed by atoms with Gasteiger partial charge in [-0.1, -0.05) is 43.5 Å². The molecule has 3 rings (SSSR count). The number of anilines is 1. The first-order valence-corrected chi connectivity index (χ1v) is 10.7. The van der Waals surface area contributed by atoms with E-state index in [0.717, 1.165) is 12.1 Å². The molecule has 0 saturated carbocycles. The highest BCUT2D eigenvalue weighted by Crippen LogP contribution is 2.34. The fourth-order valence-electron chi connectivity index (χ4n) is 3.61. The molecule has 1 fully saturated rings. The van der Waals surface area contributed by atoms with E-state index in [1.165, 1.54) is 24.3 Å². The summed E-state index contributed by atoms with van der Waals surface area (Å²) < 4.78 is 44.0. The lowest BCUT2D eigenvalue weighted by Crippen LogP contribution is -2.41. The minimum absolute atomic E-state index is 0.149. The second-order valence-electron chi connectivity index (χ2n) is 7.74. The van der Waals surface area contributed by atoms with E-state index >= 15 is 0 Å². The Morgan fingerprint density at radius 1 is 1.03 bits per heavy atom. The fourth-order valence-corrected chi connectivity index (χ4v) is 3.61. The first-order chi connectivity index (χ1) is 16.2. The average Bonchev–Trinajstić information content (AvgIpc) is 2.83. The SMILES string of the molecule is C=C/C=C(\C=C)C(=O)N1CCC(C(=O)Nc2ccccc2Oc2ccc(C(F)(F)F)cc2)CC1. The summed E-state index contributed by atoms with van der Waals surface area (Å²) in [5.41, 5.74) is 0.0902. The molecule has 0 unspecified atom stereocenters. The van der Waals surface area contributed by atoms with Gasteiger partial charge in [0.2, 0.25) is 5.91 Å². The Hall–Kier alpha value is -3.81. The number of benzene rings is 2. The van der Waals surface area contributed by atoms with Crippen molar-refractivity contribution >= 4 is 17.5 Å². The third-order valence-electron chi connectivity index (χ3n) is 5.47. The summed E-state index contributed by atoms with van der Waals surface area (Å²) in [6.07, 6.45) is 1.17. The monoisotopic (exact) mass is 470 g/mol. The largest absolute Gasteiger partial charge is 0.455 e. The number of rotatable bonds is 7. The van der Waals surface area contributed by atoms with Crippen LogP contribution in [0.15, 0.2) is 85.5 Å². The number of amides is 2. The molecule has 0 bridgehead atoms. The Labute approximate surface area is 196 Å². The first kappa shape index (κ1) is 24.8. The maximum atomic E-state index is 12.9. The molecule has 0 aliphatic carbocycles. The summed E-state index contributed by atoms with van der Waals surface area (Å²) >= 11 is 0. The number of nitrogens with one attached hydrogen (secondary N) is 1. The van der Waals surface area contributed by atoms with Crippen LogP contribution in [0.4, 0.5) is 18.9 Å². The van der Waals surface area contributed by atoms with Crippen LogP contribution in [0.1, 0.15) is 18.4 Å². The molecule has 178 valence electrons. The molecule has 0 spiro atoms. The van der Waals surface area contributed by atoms with E-state index in [1.807, 2.05) is 0 Å². The zero-order valence-electron chi connectivity index (χ0n) is 18.5. The highest BCUT2D eigenvalue weighted by atomic mass is 19.4. The van der Waals surface area contributed by atoms with Gasteiger partial charge in [-0.3, -0.25) is 9.59 Å². The van der Waals surface area contributed by atoms with Gasteiger partial charge in [-0.2, -0.15) is 13.2 Å². The van der Waals surface area contributed by atoms with Crippen molar-refractivity contribution < 1.29 is 27.5 Å². The van der Waals surface area contributed by atoms with Crippen LogP contribution >= 0.6 is 0 Å². The molecule has 34 heavy (non-hydrogen) atoms. The molecular formula is C26H25F3N2O3. The van der Waals surface area contributed by atoms with Crippen LogP contribution in [-0.2, 0) is 15.8 Å². The van der Waals surface area contributed by atoms with E-state index in [4.69, 9.17) is 4.74 Å². The first-order valence-electron chi connectivity index (χ1n) is 10.7. The lowest BCUT2D eigenvalue weighted by molar-refractivity contribution is -0.137. The predicted molar refractivity (Wildman–Crippen MR) is 124 cm³/mol. The van der Waals surface area contributed by atoms with Crippen molar-refractivity contribution in [3.8, 4) is 11.5 Å². The van der Waals surface area contributed by atoms with Crippen molar-refractivity contribution in [3.63, 3.8) is 0 Å². The molecule has 2 aromatic carbocycles. The number of carbonyl (C=O) groups excluding carboxylic acids is 2. The second-order valence-corrected chi connectivity index (χ2v) is 7.74. The minimum Gasteiger partial charge on any atom is -0.455 e. The Kier molecular flexibility index (Phi) is 7.94. The minimum atomic E-state index is -4.43. The van der Waals surface area contributed by atoms with Gasteiger partial charge in [0.1, 0.15) is 5.75 Å². The van der Waals surface area contributed by atoms with E-state index in [9.17, 15) is 22.8 Å². The van der Waals surface area contributed by atoms with Gasteiger partial charge < -0.3 is 15.0 Å². The molecule has 1 N–H and O–H groups in total. The summed E-state index contributed by atoms with van der Waals surface area (Å²) in [5.74, 6) is -0.121. The Balaban J connectivity index is 1.62. The van der Waals surface area contributed by atoms with Crippen molar-refractivity contribution in [1.82, 2.24) is 4.90 Å². The molecule has 1 saturated heterocycles. The molecule has 2 amide bonds. The lowest BCUT2D eigenvalue weighted by atomic mass is 9.95. The number of hydrogen-bond donors (Lipinski definition) is 1. The van der Waals surface area contributed by atoms with Crippen molar-refractivity contribution in [3.05, 3.63) is 91.1 Å². The van der Waals surface area contributed by atoms with Gasteiger partial charge in [-0.25, -0.2) is 0 Å². The van der Waals surface area contributed by atoms with Crippen molar-refractivity contribution in [1.29, 1.82) is 0 Å². The van der Waals surface area contributed by atoms with Gasteiger partial charge in [0, 0.05) is 24.6 Å². The number of ether oxygens (including phenoxy) is 1. The average molecular weight is 470 g/mol. The number of halogens is 3. The number of alkyl halides is 3. The normalized spacial score (nSPS) is 14.9. The highest BCUT2D eigenvalue weighted by Gasteiger charge is 2.30. The molecule has 8 heteroatoms. The lowest BCUT2D eigenvalue weighted by Gasteiger charge is -2.31. The maximum absolute atomic E-state index is 12.9. The Morgan fingerprint density at radius 2 is 1.68 bits per heavy atom. The van der Waals surface area contributed by atoms with Crippen molar-refractivity contribution in [2.45, 2.75) is 19.0 Å². The summed E-state index contributed by atoms with van der Waals surface area (Å²) in [6.45, 7) is 8.11. The molecule has 1 aliphatic rings. The van der Waals surface area contributed by atoms with Gasteiger partial charge in [0.05, 0.1) is 11.3 Å². The zero-order valence-corrected chi connectivity index (χ0v) is 18.5. The zero-order chi connectivity index (χ0) is 24.7. The molecule has 1 heterocycles. The summed E-state index contributed by atoms with van der Waals surface area (Å²) in [4.78, 5) is 27.1. The van der Waals surface area contributed by atoms with Crippen molar-refractivity contribution in [2.24, 2.45) is 5.92 Å².